The van der Waals surface area contributed by atoms with E-state index < -0.39 is 0 Å². The van der Waals surface area contributed by atoms with Crippen LogP contribution in [0.25, 0.3) is 0 Å². The minimum absolute atomic E-state index is 0.288. The average Bonchev–Trinajstić information content (AvgIpc) is 2.58. The van der Waals surface area contributed by atoms with Crippen LogP contribution in [0.4, 0.5) is 0 Å². The second-order valence-electron chi connectivity index (χ2n) is 4.27. The molecule has 1 heterocycles. The van der Waals surface area contributed by atoms with E-state index >= 15 is 0 Å². The molecule has 4 heteroatoms. The fourth-order valence-corrected chi connectivity index (χ4v) is 2.06. The Balaban J connectivity index is 1.96. The normalized spacial score (nSPS) is 18.1. The maximum absolute atomic E-state index is 5.80. The highest BCUT2D eigenvalue weighted by atomic mass is 16.5. The molecule has 2 rings (SSSR count). The Kier molecular flexibility index (Phi) is 4.10. The lowest BCUT2D eigenvalue weighted by molar-refractivity contribution is 0.167. The summed E-state index contributed by atoms with van der Waals surface area (Å²) in [6.07, 6.45) is 9.39. The van der Waals surface area contributed by atoms with Gasteiger partial charge in [-0.15, -0.1) is 0 Å². The number of aromatic nitrogens is 2. The quantitative estimate of drug-likeness (QED) is 0.793. The number of rotatable bonds is 3. The molecule has 0 spiro atoms. The van der Waals surface area contributed by atoms with Crippen LogP contribution in [0.3, 0.4) is 0 Å². The highest BCUT2D eigenvalue weighted by Crippen LogP contribution is 2.20. The Labute approximate surface area is 96.2 Å². The summed E-state index contributed by atoms with van der Waals surface area (Å²) in [5.74, 6) is 0. The fraction of sp³-hybridized carbons (Fsp3) is 0.667. The lowest BCUT2D eigenvalue weighted by Gasteiger charge is -2.15. The van der Waals surface area contributed by atoms with E-state index in [4.69, 9.17) is 10.5 Å². The van der Waals surface area contributed by atoms with E-state index in [1.807, 2.05) is 6.07 Å². The molecule has 88 valence electrons. The van der Waals surface area contributed by atoms with Gasteiger partial charge in [-0.3, -0.25) is 0 Å². The van der Waals surface area contributed by atoms with Crippen molar-refractivity contribution in [2.24, 2.45) is 5.73 Å². The van der Waals surface area contributed by atoms with Gasteiger partial charge >= 0.3 is 6.01 Å². The lowest BCUT2D eigenvalue weighted by Crippen LogP contribution is -2.17. The monoisotopic (exact) mass is 221 g/mol. The first-order valence-electron chi connectivity index (χ1n) is 6.07. The van der Waals surface area contributed by atoms with Crippen molar-refractivity contribution >= 4 is 0 Å². The van der Waals surface area contributed by atoms with Crippen LogP contribution >= 0.6 is 0 Å². The lowest BCUT2D eigenvalue weighted by atomic mass is 10.2. The third kappa shape index (κ3) is 3.17. The number of hydrogen-bond donors (Lipinski definition) is 1. The summed E-state index contributed by atoms with van der Waals surface area (Å²) in [6, 6.07) is 2.30. The molecule has 1 aromatic rings. The molecule has 0 radical (unpaired) electrons. The van der Waals surface area contributed by atoms with Crippen molar-refractivity contribution < 1.29 is 4.74 Å². The van der Waals surface area contributed by atoms with E-state index in [9.17, 15) is 0 Å². The van der Waals surface area contributed by atoms with E-state index in [2.05, 4.69) is 9.97 Å². The standard InChI is InChI=1S/C12H19N3O/c13-9-10-7-8-14-12(15-10)16-11-5-3-1-2-4-6-11/h7-8,11H,1-6,9,13H2. The molecule has 0 unspecified atom stereocenters. The third-order valence-electron chi connectivity index (χ3n) is 2.97. The molecule has 0 amide bonds. The van der Waals surface area contributed by atoms with Crippen LogP contribution < -0.4 is 10.5 Å². The van der Waals surface area contributed by atoms with Gasteiger partial charge in [0, 0.05) is 12.7 Å². The number of hydrogen-bond acceptors (Lipinski definition) is 4. The highest BCUT2D eigenvalue weighted by Gasteiger charge is 2.14. The van der Waals surface area contributed by atoms with Crippen LogP contribution in [0, 0.1) is 0 Å². The van der Waals surface area contributed by atoms with E-state index in [1.54, 1.807) is 6.20 Å². The van der Waals surface area contributed by atoms with Crippen molar-refractivity contribution in [3.63, 3.8) is 0 Å². The van der Waals surface area contributed by atoms with Crippen molar-refractivity contribution in [1.29, 1.82) is 0 Å². The van der Waals surface area contributed by atoms with Crippen LogP contribution in [-0.2, 0) is 6.54 Å². The first-order chi connectivity index (χ1) is 7.88. The molecule has 1 saturated carbocycles. The summed E-state index contributed by atoms with van der Waals surface area (Å²) in [5, 5.41) is 0. The van der Waals surface area contributed by atoms with Gasteiger partial charge in [0.1, 0.15) is 6.10 Å². The van der Waals surface area contributed by atoms with Crippen LogP contribution in [0.5, 0.6) is 6.01 Å². The SMILES string of the molecule is NCc1ccnc(OC2CCCCCC2)n1. The van der Waals surface area contributed by atoms with Crippen molar-refractivity contribution in [2.45, 2.75) is 51.2 Å². The minimum Gasteiger partial charge on any atom is -0.460 e. The second kappa shape index (κ2) is 5.80. The van der Waals surface area contributed by atoms with Gasteiger partial charge in [0.25, 0.3) is 0 Å². The second-order valence-corrected chi connectivity index (χ2v) is 4.27. The van der Waals surface area contributed by atoms with Gasteiger partial charge < -0.3 is 10.5 Å². The average molecular weight is 221 g/mol. The van der Waals surface area contributed by atoms with Crippen LogP contribution in [0.1, 0.15) is 44.2 Å². The Morgan fingerprint density at radius 3 is 2.69 bits per heavy atom. The zero-order valence-electron chi connectivity index (χ0n) is 9.56. The molecule has 0 aromatic carbocycles. The van der Waals surface area contributed by atoms with Crippen molar-refractivity contribution in [2.75, 3.05) is 0 Å². The molecule has 1 aliphatic rings. The number of nitrogens with zero attached hydrogens (tertiary/aromatic N) is 2. The van der Waals surface area contributed by atoms with E-state index in [-0.39, 0.29) is 6.10 Å². The molecule has 16 heavy (non-hydrogen) atoms. The maximum Gasteiger partial charge on any atom is 0.316 e. The highest BCUT2D eigenvalue weighted by molar-refractivity contribution is 5.05. The number of ether oxygens (including phenoxy) is 1. The molecule has 1 aromatic heterocycles. The first kappa shape index (κ1) is 11.3. The molecule has 1 aliphatic carbocycles. The van der Waals surface area contributed by atoms with E-state index in [0.717, 1.165) is 18.5 Å². The Morgan fingerprint density at radius 2 is 2.00 bits per heavy atom. The van der Waals surface area contributed by atoms with Gasteiger partial charge in [-0.25, -0.2) is 4.98 Å². The molecule has 0 bridgehead atoms. The first-order valence-corrected chi connectivity index (χ1v) is 6.07. The fourth-order valence-electron chi connectivity index (χ4n) is 2.06. The van der Waals surface area contributed by atoms with E-state index in [1.165, 1.54) is 25.7 Å². The summed E-state index contributed by atoms with van der Waals surface area (Å²) in [4.78, 5) is 8.38. The Bertz CT molecular complexity index is 322. The third-order valence-corrected chi connectivity index (χ3v) is 2.97. The zero-order valence-corrected chi connectivity index (χ0v) is 9.56. The molecule has 4 nitrogen and oxygen atoms in total. The van der Waals surface area contributed by atoms with Gasteiger partial charge in [0.05, 0.1) is 5.69 Å². The molecular formula is C12H19N3O. The van der Waals surface area contributed by atoms with Crippen molar-refractivity contribution in [3.8, 4) is 6.01 Å². The van der Waals surface area contributed by atoms with Crippen LogP contribution in [0.2, 0.25) is 0 Å². The zero-order chi connectivity index (χ0) is 11.2. The molecule has 0 atom stereocenters. The number of nitrogens with two attached hydrogens (primary N) is 1. The van der Waals surface area contributed by atoms with Crippen molar-refractivity contribution in [1.82, 2.24) is 9.97 Å². The topological polar surface area (TPSA) is 61.0 Å². The summed E-state index contributed by atoms with van der Waals surface area (Å²) < 4.78 is 5.80. The van der Waals surface area contributed by atoms with Gasteiger partial charge in [0.15, 0.2) is 0 Å². The van der Waals surface area contributed by atoms with Gasteiger partial charge in [-0.05, 0) is 31.7 Å². The van der Waals surface area contributed by atoms with Gasteiger partial charge in [0.2, 0.25) is 0 Å². The van der Waals surface area contributed by atoms with E-state index in [0.29, 0.717) is 12.6 Å². The van der Waals surface area contributed by atoms with Crippen LogP contribution in [-0.4, -0.2) is 16.1 Å². The van der Waals surface area contributed by atoms with Crippen LogP contribution in [0.15, 0.2) is 12.3 Å². The maximum atomic E-state index is 5.80. The molecular weight excluding hydrogens is 202 g/mol. The smallest absolute Gasteiger partial charge is 0.316 e. The molecule has 0 saturated heterocycles. The summed E-state index contributed by atoms with van der Waals surface area (Å²) in [5.41, 5.74) is 6.36. The van der Waals surface area contributed by atoms with Gasteiger partial charge in [-0.2, -0.15) is 4.98 Å². The Hall–Kier alpha value is -1.16. The minimum atomic E-state index is 0.288. The summed E-state index contributed by atoms with van der Waals surface area (Å²) >= 11 is 0. The predicted molar refractivity (Wildman–Crippen MR) is 62.0 cm³/mol. The Morgan fingerprint density at radius 1 is 1.25 bits per heavy atom. The molecule has 2 N–H and O–H groups in total. The van der Waals surface area contributed by atoms with Crippen molar-refractivity contribution in [3.05, 3.63) is 18.0 Å². The molecule has 0 aliphatic heterocycles. The largest absolute Gasteiger partial charge is 0.460 e. The summed E-state index contributed by atoms with van der Waals surface area (Å²) in [7, 11) is 0. The molecule has 1 fully saturated rings. The predicted octanol–water partition coefficient (Wildman–Crippen LogP) is 2.04. The summed E-state index contributed by atoms with van der Waals surface area (Å²) in [6.45, 7) is 0.434. The van der Waals surface area contributed by atoms with Gasteiger partial charge in [-0.1, -0.05) is 12.8 Å².